The van der Waals surface area contributed by atoms with Crippen LogP contribution in [-0.4, -0.2) is 26.4 Å². The molecule has 174 valence electrons. The van der Waals surface area contributed by atoms with Gasteiger partial charge < -0.3 is 15.6 Å². The number of aromatic nitrogens is 3. The van der Waals surface area contributed by atoms with E-state index in [0.717, 1.165) is 43.4 Å². The lowest BCUT2D eigenvalue weighted by Gasteiger charge is -2.14. The van der Waals surface area contributed by atoms with Crippen molar-refractivity contribution in [3.05, 3.63) is 88.2 Å². The fourth-order valence-electron chi connectivity index (χ4n) is 4.41. The Morgan fingerprint density at radius 1 is 1.06 bits per heavy atom. The SMILES string of the molecule is NC(=CC(=O)c1cncc(-c2ccc(=O)n(C3CCCC3)c2)n1)c1ccc(CNC2CC2)cc1. The van der Waals surface area contributed by atoms with Gasteiger partial charge in [0.05, 0.1) is 18.1 Å². The largest absolute Gasteiger partial charge is 0.398 e. The summed E-state index contributed by atoms with van der Waals surface area (Å²) < 4.78 is 1.79. The Bertz CT molecular complexity index is 1270. The molecule has 0 radical (unpaired) electrons. The molecule has 2 heterocycles. The molecule has 0 bridgehead atoms. The summed E-state index contributed by atoms with van der Waals surface area (Å²) in [6, 6.07) is 12.1. The third-order valence-electron chi connectivity index (χ3n) is 6.59. The molecule has 2 saturated carbocycles. The van der Waals surface area contributed by atoms with Gasteiger partial charge in [-0.2, -0.15) is 0 Å². The van der Waals surface area contributed by atoms with Crippen molar-refractivity contribution in [3.63, 3.8) is 0 Å². The topological polar surface area (TPSA) is 103 Å². The van der Waals surface area contributed by atoms with Crippen LogP contribution in [0.5, 0.6) is 0 Å². The van der Waals surface area contributed by atoms with Gasteiger partial charge in [0.2, 0.25) is 5.78 Å². The first kappa shape index (κ1) is 22.2. The van der Waals surface area contributed by atoms with Crippen molar-refractivity contribution in [2.24, 2.45) is 5.73 Å². The molecule has 7 heteroatoms. The average Bonchev–Trinajstić information content (AvgIpc) is 3.54. The number of allylic oxidation sites excluding steroid dienone is 1. The smallest absolute Gasteiger partial charge is 0.250 e. The summed E-state index contributed by atoms with van der Waals surface area (Å²) in [4.78, 5) is 34.0. The molecule has 3 aromatic rings. The van der Waals surface area contributed by atoms with E-state index in [9.17, 15) is 9.59 Å². The molecule has 2 fully saturated rings. The van der Waals surface area contributed by atoms with Crippen LogP contribution in [-0.2, 0) is 6.54 Å². The van der Waals surface area contributed by atoms with Crippen molar-refractivity contribution in [2.45, 2.75) is 57.2 Å². The van der Waals surface area contributed by atoms with E-state index in [1.165, 1.54) is 30.7 Å². The third kappa shape index (κ3) is 5.15. The van der Waals surface area contributed by atoms with E-state index in [4.69, 9.17) is 5.73 Å². The molecule has 0 atom stereocenters. The molecular weight excluding hydrogens is 426 g/mol. The first-order chi connectivity index (χ1) is 16.6. The predicted molar refractivity (Wildman–Crippen MR) is 132 cm³/mol. The van der Waals surface area contributed by atoms with Crippen LogP contribution in [0.25, 0.3) is 17.0 Å². The minimum Gasteiger partial charge on any atom is -0.398 e. The summed E-state index contributed by atoms with van der Waals surface area (Å²) >= 11 is 0. The van der Waals surface area contributed by atoms with Gasteiger partial charge in [-0.1, -0.05) is 37.1 Å². The number of hydrogen-bond acceptors (Lipinski definition) is 6. The van der Waals surface area contributed by atoms with Gasteiger partial charge in [0, 0.05) is 48.2 Å². The summed E-state index contributed by atoms with van der Waals surface area (Å²) in [5.74, 6) is -0.310. The maximum atomic E-state index is 12.9. The second-order valence-electron chi connectivity index (χ2n) is 9.21. The van der Waals surface area contributed by atoms with Gasteiger partial charge in [-0.3, -0.25) is 14.6 Å². The molecule has 2 aromatic heterocycles. The summed E-state index contributed by atoms with van der Waals surface area (Å²) in [7, 11) is 0. The van der Waals surface area contributed by atoms with E-state index >= 15 is 0 Å². The van der Waals surface area contributed by atoms with Crippen molar-refractivity contribution >= 4 is 11.5 Å². The number of carbonyl (C=O) groups is 1. The van der Waals surface area contributed by atoms with Gasteiger partial charge in [-0.25, -0.2) is 4.98 Å². The predicted octanol–water partition coefficient (Wildman–Crippen LogP) is 3.85. The lowest BCUT2D eigenvalue weighted by atomic mass is 10.1. The molecule has 0 amide bonds. The van der Waals surface area contributed by atoms with E-state index in [1.807, 2.05) is 30.5 Å². The lowest BCUT2D eigenvalue weighted by Crippen LogP contribution is -2.22. The zero-order valence-electron chi connectivity index (χ0n) is 19.1. The van der Waals surface area contributed by atoms with E-state index in [-0.39, 0.29) is 23.1 Å². The maximum absolute atomic E-state index is 12.9. The van der Waals surface area contributed by atoms with Crippen LogP contribution in [0.4, 0.5) is 0 Å². The fourth-order valence-corrected chi connectivity index (χ4v) is 4.41. The highest BCUT2D eigenvalue weighted by Gasteiger charge is 2.20. The van der Waals surface area contributed by atoms with Gasteiger partial charge in [0.25, 0.3) is 5.56 Å². The number of ketones is 1. The van der Waals surface area contributed by atoms with Gasteiger partial charge >= 0.3 is 0 Å². The second kappa shape index (κ2) is 9.73. The number of nitrogens with two attached hydrogens (primary N) is 1. The number of nitrogens with zero attached hydrogens (tertiary/aromatic N) is 3. The Balaban J connectivity index is 1.32. The number of nitrogens with one attached hydrogen (secondary N) is 1. The number of hydrogen-bond donors (Lipinski definition) is 2. The van der Waals surface area contributed by atoms with Crippen LogP contribution in [0.1, 0.15) is 66.2 Å². The van der Waals surface area contributed by atoms with E-state index in [1.54, 1.807) is 22.9 Å². The lowest BCUT2D eigenvalue weighted by molar-refractivity contribution is 0.104. The molecule has 2 aliphatic rings. The standard InChI is InChI=1S/C27H29N5O2/c28-23(19-7-5-18(6-8-19)14-30-21-10-11-21)13-26(33)25-16-29-15-24(31-25)20-9-12-27(34)32(17-20)22-3-1-2-4-22/h5-9,12-13,15-17,21-22,30H,1-4,10-11,14,28H2. The van der Waals surface area contributed by atoms with Gasteiger partial charge in [-0.05, 0) is 42.9 Å². The summed E-state index contributed by atoms with van der Waals surface area (Å²) in [5, 5.41) is 3.48. The molecule has 0 unspecified atom stereocenters. The molecule has 7 nitrogen and oxygen atoms in total. The molecule has 0 spiro atoms. The van der Waals surface area contributed by atoms with Gasteiger partial charge in [0.1, 0.15) is 5.69 Å². The van der Waals surface area contributed by atoms with Crippen molar-refractivity contribution in [1.82, 2.24) is 19.9 Å². The Morgan fingerprint density at radius 2 is 1.82 bits per heavy atom. The average molecular weight is 456 g/mol. The fraction of sp³-hybridized carbons (Fsp3) is 0.333. The highest BCUT2D eigenvalue weighted by molar-refractivity contribution is 6.07. The van der Waals surface area contributed by atoms with Gasteiger partial charge in [0.15, 0.2) is 0 Å². The van der Waals surface area contributed by atoms with Crippen LogP contribution >= 0.6 is 0 Å². The Kier molecular flexibility index (Phi) is 6.36. The molecular formula is C27H29N5O2. The second-order valence-corrected chi connectivity index (χ2v) is 9.21. The normalized spacial score (nSPS) is 16.6. The van der Waals surface area contributed by atoms with Gasteiger partial charge in [-0.15, -0.1) is 0 Å². The van der Waals surface area contributed by atoms with Crippen LogP contribution in [0.2, 0.25) is 0 Å². The Labute approximate surface area is 198 Å². The maximum Gasteiger partial charge on any atom is 0.250 e. The number of benzene rings is 1. The highest BCUT2D eigenvalue weighted by atomic mass is 16.1. The Morgan fingerprint density at radius 3 is 2.56 bits per heavy atom. The van der Waals surface area contributed by atoms with Crippen molar-refractivity contribution in [3.8, 4) is 11.3 Å². The van der Waals surface area contributed by atoms with Crippen LogP contribution < -0.4 is 16.6 Å². The minimum atomic E-state index is -0.310. The van der Waals surface area contributed by atoms with Crippen molar-refractivity contribution in [1.29, 1.82) is 0 Å². The van der Waals surface area contributed by atoms with E-state index in [2.05, 4.69) is 15.3 Å². The molecule has 0 aliphatic heterocycles. The zero-order chi connectivity index (χ0) is 23.5. The summed E-state index contributed by atoms with van der Waals surface area (Å²) in [6.45, 7) is 0.837. The van der Waals surface area contributed by atoms with Crippen molar-refractivity contribution < 1.29 is 4.79 Å². The first-order valence-electron chi connectivity index (χ1n) is 12.0. The van der Waals surface area contributed by atoms with Crippen LogP contribution in [0.3, 0.4) is 0 Å². The quantitative estimate of drug-likeness (QED) is 0.395. The molecule has 1 aromatic carbocycles. The molecule has 0 saturated heterocycles. The summed E-state index contributed by atoms with van der Waals surface area (Å²) in [5.41, 5.74) is 10.1. The number of pyridine rings is 1. The van der Waals surface area contributed by atoms with E-state index < -0.39 is 0 Å². The number of carbonyl (C=O) groups excluding carboxylic acids is 1. The number of rotatable bonds is 8. The highest BCUT2D eigenvalue weighted by Crippen LogP contribution is 2.29. The zero-order valence-corrected chi connectivity index (χ0v) is 19.1. The first-order valence-corrected chi connectivity index (χ1v) is 12.0. The summed E-state index contributed by atoms with van der Waals surface area (Å²) in [6.07, 6.45) is 13.1. The third-order valence-corrected chi connectivity index (χ3v) is 6.59. The molecule has 2 aliphatic carbocycles. The Hall–Kier alpha value is -3.58. The monoisotopic (exact) mass is 455 g/mol. The molecule has 3 N–H and O–H groups in total. The molecule has 34 heavy (non-hydrogen) atoms. The van der Waals surface area contributed by atoms with E-state index in [0.29, 0.717) is 17.4 Å². The van der Waals surface area contributed by atoms with Crippen molar-refractivity contribution in [2.75, 3.05) is 0 Å². The minimum absolute atomic E-state index is 0.0131. The van der Waals surface area contributed by atoms with Crippen LogP contribution in [0, 0.1) is 0 Å². The van der Waals surface area contributed by atoms with Crippen LogP contribution in [0.15, 0.2) is 65.9 Å². The molecule has 5 rings (SSSR count).